The fraction of sp³-hybridized carbons (Fsp3) is 0. The van der Waals surface area contributed by atoms with Crippen LogP contribution in [0, 0.1) is 0 Å². The van der Waals surface area contributed by atoms with Crippen molar-refractivity contribution in [3.8, 4) is 0 Å². The summed E-state index contributed by atoms with van der Waals surface area (Å²) in [6.07, 6.45) is 4.22. The summed E-state index contributed by atoms with van der Waals surface area (Å²) < 4.78 is 0. The number of hydrogen-bond donors (Lipinski definition) is 2. The van der Waals surface area contributed by atoms with E-state index in [2.05, 4.69) is 29.6 Å². The van der Waals surface area contributed by atoms with Gasteiger partial charge in [0.25, 0.3) is 0 Å². The Morgan fingerprint density at radius 1 is 0.812 bits per heavy atom. The second-order valence-electron chi connectivity index (χ2n) is 3.89. The Kier molecular flexibility index (Phi) is 1.93. The number of fused-ring (bicyclic) bond motifs is 2. The predicted molar refractivity (Wildman–Crippen MR) is 69.5 cm³/mol. The zero-order chi connectivity index (χ0) is 11.0. The second-order valence-corrected chi connectivity index (χ2v) is 3.89. The quantitative estimate of drug-likeness (QED) is 0.555. The highest BCUT2D eigenvalue weighted by Crippen LogP contribution is 2.31. The molecule has 3 N–H and O–H groups in total. The lowest BCUT2D eigenvalue weighted by molar-refractivity contribution is 1.53. The average molecular weight is 208 g/mol. The smallest absolute Gasteiger partial charge is 0.0478 e. The number of nitrogens with one attached hydrogen (secondary N) is 1. The van der Waals surface area contributed by atoms with Crippen LogP contribution in [-0.2, 0) is 0 Å². The van der Waals surface area contributed by atoms with Crippen LogP contribution >= 0.6 is 0 Å². The lowest BCUT2D eigenvalue weighted by Crippen LogP contribution is -1.94. The van der Waals surface area contributed by atoms with Crippen molar-refractivity contribution in [1.82, 2.24) is 0 Å². The summed E-state index contributed by atoms with van der Waals surface area (Å²) >= 11 is 0. The molecule has 0 atom stereocenters. The molecule has 0 aliphatic carbocycles. The molecule has 0 saturated heterocycles. The largest absolute Gasteiger partial charge is 0.399 e. The maximum atomic E-state index is 5.79. The van der Waals surface area contributed by atoms with Crippen molar-refractivity contribution in [3.63, 3.8) is 0 Å². The standard InChI is InChI=1S/C14H12N2/c15-12-8-7-11-6-5-10-3-1-2-4-13(10)16-14(11)9-12/h1-9,16H,15H2. The van der Waals surface area contributed by atoms with Crippen LogP contribution in [0.1, 0.15) is 11.1 Å². The van der Waals surface area contributed by atoms with E-state index in [1.54, 1.807) is 0 Å². The molecule has 78 valence electrons. The number of rotatable bonds is 0. The molecule has 2 aromatic carbocycles. The SMILES string of the molecule is Nc1ccc2c(c1)Nc1ccccc1C=C2. The molecule has 1 aliphatic rings. The number of benzene rings is 2. The Balaban J connectivity index is 2.18. The summed E-state index contributed by atoms with van der Waals surface area (Å²) in [6, 6.07) is 14.1. The van der Waals surface area contributed by atoms with Gasteiger partial charge in [0.15, 0.2) is 0 Å². The van der Waals surface area contributed by atoms with E-state index in [1.807, 2.05) is 30.3 Å². The lowest BCUT2D eigenvalue weighted by Gasteiger charge is -2.09. The molecule has 1 heterocycles. The van der Waals surface area contributed by atoms with Gasteiger partial charge in [-0.1, -0.05) is 36.4 Å². The van der Waals surface area contributed by atoms with E-state index in [0.29, 0.717) is 0 Å². The van der Waals surface area contributed by atoms with E-state index in [1.165, 1.54) is 5.56 Å². The monoisotopic (exact) mass is 208 g/mol. The second kappa shape index (κ2) is 3.42. The van der Waals surface area contributed by atoms with Crippen molar-refractivity contribution < 1.29 is 0 Å². The molecular weight excluding hydrogens is 196 g/mol. The van der Waals surface area contributed by atoms with Crippen molar-refractivity contribution in [2.45, 2.75) is 0 Å². The van der Waals surface area contributed by atoms with Gasteiger partial charge < -0.3 is 11.1 Å². The summed E-state index contributed by atoms with van der Waals surface area (Å²) in [6.45, 7) is 0. The predicted octanol–water partition coefficient (Wildman–Crippen LogP) is 3.50. The Labute approximate surface area is 94.4 Å². The highest BCUT2D eigenvalue weighted by Gasteiger charge is 2.07. The molecule has 0 fully saturated rings. The van der Waals surface area contributed by atoms with Crippen molar-refractivity contribution in [2.75, 3.05) is 11.1 Å². The third kappa shape index (κ3) is 1.44. The normalized spacial score (nSPS) is 12.2. The molecule has 0 aromatic heterocycles. The van der Waals surface area contributed by atoms with E-state index >= 15 is 0 Å². The molecular formula is C14H12N2. The summed E-state index contributed by atoms with van der Waals surface area (Å²) in [4.78, 5) is 0. The summed E-state index contributed by atoms with van der Waals surface area (Å²) in [5, 5.41) is 3.40. The molecule has 0 unspecified atom stereocenters. The van der Waals surface area contributed by atoms with E-state index in [4.69, 9.17) is 5.73 Å². The van der Waals surface area contributed by atoms with Gasteiger partial charge in [-0.05, 0) is 29.3 Å². The van der Waals surface area contributed by atoms with Crippen LogP contribution in [0.3, 0.4) is 0 Å². The molecule has 0 bridgehead atoms. The zero-order valence-electron chi connectivity index (χ0n) is 8.77. The van der Waals surface area contributed by atoms with E-state index in [9.17, 15) is 0 Å². The fourth-order valence-electron chi connectivity index (χ4n) is 1.91. The van der Waals surface area contributed by atoms with Gasteiger partial charge in [-0.25, -0.2) is 0 Å². The van der Waals surface area contributed by atoms with Crippen molar-refractivity contribution >= 4 is 29.2 Å². The summed E-state index contributed by atoms with van der Waals surface area (Å²) in [5.74, 6) is 0. The van der Waals surface area contributed by atoms with Gasteiger partial charge in [0, 0.05) is 17.1 Å². The average Bonchev–Trinajstić information content (AvgIpc) is 2.47. The van der Waals surface area contributed by atoms with Gasteiger partial charge in [-0.15, -0.1) is 0 Å². The van der Waals surface area contributed by atoms with E-state index in [0.717, 1.165) is 22.6 Å². The maximum Gasteiger partial charge on any atom is 0.0478 e. The van der Waals surface area contributed by atoms with Gasteiger partial charge in [0.2, 0.25) is 0 Å². The number of anilines is 3. The summed E-state index contributed by atoms with van der Waals surface area (Å²) in [7, 11) is 0. The fourth-order valence-corrected chi connectivity index (χ4v) is 1.91. The minimum Gasteiger partial charge on any atom is -0.399 e. The highest BCUT2D eigenvalue weighted by atomic mass is 14.9. The van der Waals surface area contributed by atoms with Crippen molar-refractivity contribution in [1.29, 1.82) is 0 Å². The zero-order valence-corrected chi connectivity index (χ0v) is 8.77. The van der Waals surface area contributed by atoms with Gasteiger partial charge >= 0.3 is 0 Å². The van der Waals surface area contributed by atoms with Crippen LogP contribution < -0.4 is 11.1 Å². The van der Waals surface area contributed by atoms with Crippen molar-refractivity contribution in [3.05, 3.63) is 53.6 Å². The van der Waals surface area contributed by atoms with Crippen LogP contribution in [0.4, 0.5) is 17.1 Å². The first-order valence-corrected chi connectivity index (χ1v) is 5.26. The van der Waals surface area contributed by atoms with Gasteiger partial charge in [-0.3, -0.25) is 0 Å². The molecule has 0 radical (unpaired) electrons. The lowest BCUT2D eigenvalue weighted by atomic mass is 10.1. The third-order valence-electron chi connectivity index (χ3n) is 2.75. The highest BCUT2D eigenvalue weighted by molar-refractivity contribution is 5.88. The first-order valence-electron chi connectivity index (χ1n) is 5.26. The van der Waals surface area contributed by atoms with Crippen LogP contribution in [0.25, 0.3) is 12.2 Å². The number of hydrogen-bond acceptors (Lipinski definition) is 2. The molecule has 2 aromatic rings. The molecule has 0 saturated carbocycles. The third-order valence-corrected chi connectivity index (χ3v) is 2.75. The number of nitrogen functional groups attached to an aromatic ring is 1. The summed E-state index contributed by atoms with van der Waals surface area (Å²) in [5.41, 5.74) is 11.1. The molecule has 16 heavy (non-hydrogen) atoms. The topological polar surface area (TPSA) is 38.0 Å². The first kappa shape index (κ1) is 9.04. The Morgan fingerprint density at radius 2 is 1.56 bits per heavy atom. The van der Waals surface area contributed by atoms with Gasteiger partial charge in [0.05, 0.1) is 0 Å². The van der Waals surface area contributed by atoms with Gasteiger partial charge in [-0.2, -0.15) is 0 Å². The number of nitrogens with two attached hydrogens (primary N) is 1. The Morgan fingerprint density at radius 3 is 2.44 bits per heavy atom. The van der Waals surface area contributed by atoms with Crippen LogP contribution in [0.15, 0.2) is 42.5 Å². The molecule has 0 spiro atoms. The van der Waals surface area contributed by atoms with Crippen LogP contribution in [0.2, 0.25) is 0 Å². The molecule has 2 heteroatoms. The van der Waals surface area contributed by atoms with E-state index < -0.39 is 0 Å². The Bertz CT molecular complexity index is 571. The number of para-hydroxylation sites is 1. The van der Waals surface area contributed by atoms with Crippen LogP contribution in [0.5, 0.6) is 0 Å². The Hall–Kier alpha value is -2.22. The van der Waals surface area contributed by atoms with Gasteiger partial charge in [0.1, 0.15) is 0 Å². The molecule has 2 nitrogen and oxygen atoms in total. The molecule has 1 aliphatic heterocycles. The van der Waals surface area contributed by atoms with Crippen LogP contribution in [-0.4, -0.2) is 0 Å². The minimum atomic E-state index is 0.777. The maximum absolute atomic E-state index is 5.79. The molecule has 0 amide bonds. The van der Waals surface area contributed by atoms with E-state index in [-0.39, 0.29) is 0 Å². The first-order chi connectivity index (χ1) is 7.83. The van der Waals surface area contributed by atoms with Crippen molar-refractivity contribution in [2.24, 2.45) is 0 Å². The molecule has 3 rings (SSSR count). The minimum absolute atomic E-state index is 0.777.